The third-order valence-corrected chi connectivity index (χ3v) is 4.18. The molecule has 1 aliphatic rings. The molecule has 21 heavy (non-hydrogen) atoms. The molecule has 0 spiro atoms. The van der Waals surface area contributed by atoms with Gasteiger partial charge in [0.05, 0.1) is 0 Å². The first-order chi connectivity index (χ1) is 10.0. The Labute approximate surface area is 124 Å². The molecule has 1 amide bonds. The number of halogens is 2. The average molecular weight is 296 g/mol. The molecule has 5 heteroatoms. The molecule has 0 aliphatic carbocycles. The summed E-state index contributed by atoms with van der Waals surface area (Å²) in [4.78, 5) is 13.7. The summed E-state index contributed by atoms with van der Waals surface area (Å²) in [6, 6.07) is 2.49. The van der Waals surface area contributed by atoms with Crippen molar-refractivity contribution in [1.82, 2.24) is 10.2 Å². The maximum absolute atomic E-state index is 14.0. The van der Waals surface area contributed by atoms with Gasteiger partial charge in [-0.05, 0) is 56.8 Å². The van der Waals surface area contributed by atoms with Gasteiger partial charge in [0.25, 0.3) is 5.91 Å². The van der Waals surface area contributed by atoms with E-state index in [9.17, 15) is 13.6 Å². The van der Waals surface area contributed by atoms with Crippen molar-refractivity contribution in [2.75, 3.05) is 26.7 Å². The molecule has 1 saturated heterocycles. The first kappa shape index (κ1) is 15.9. The lowest BCUT2D eigenvalue weighted by Crippen LogP contribution is -2.33. The Bertz CT molecular complexity index is 513. The van der Waals surface area contributed by atoms with Crippen LogP contribution < -0.4 is 5.32 Å². The zero-order valence-electron chi connectivity index (χ0n) is 12.6. The van der Waals surface area contributed by atoms with Crippen molar-refractivity contribution in [2.45, 2.75) is 26.2 Å². The second-order valence-corrected chi connectivity index (χ2v) is 5.76. The number of piperidine rings is 1. The molecule has 116 valence electrons. The van der Waals surface area contributed by atoms with E-state index in [4.69, 9.17) is 0 Å². The number of carbonyl (C=O) groups excluding carboxylic acids is 1. The molecule has 0 radical (unpaired) electrons. The first-order valence-electron chi connectivity index (χ1n) is 7.41. The molecule has 1 heterocycles. The number of aryl methyl sites for hydroxylation is 1. The molecule has 1 aliphatic heterocycles. The summed E-state index contributed by atoms with van der Waals surface area (Å²) in [5.41, 5.74) is -0.158. The van der Waals surface area contributed by atoms with Gasteiger partial charge in [-0.25, -0.2) is 8.78 Å². The van der Waals surface area contributed by atoms with Gasteiger partial charge in [-0.15, -0.1) is 0 Å². The highest BCUT2D eigenvalue weighted by Crippen LogP contribution is 2.20. The van der Waals surface area contributed by atoms with Crippen molar-refractivity contribution in [3.05, 3.63) is 34.9 Å². The van der Waals surface area contributed by atoms with Crippen LogP contribution in [-0.2, 0) is 0 Å². The van der Waals surface area contributed by atoms with E-state index in [2.05, 4.69) is 5.32 Å². The minimum absolute atomic E-state index is 0.284. The van der Waals surface area contributed by atoms with Gasteiger partial charge < -0.3 is 10.2 Å². The number of nitrogens with one attached hydrogen (secondary N) is 1. The van der Waals surface area contributed by atoms with Crippen molar-refractivity contribution >= 4 is 5.91 Å². The highest BCUT2D eigenvalue weighted by molar-refractivity contribution is 5.94. The van der Waals surface area contributed by atoms with E-state index in [0.29, 0.717) is 12.5 Å². The van der Waals surface area contributed by atoms with Crippen molar-refractivity contribution in [3.63, 3.8) is 0 Å². The highest BCUT2D eigenvalue weighted by atomic mass is 19.1. The van der Waals surface area contributed by atoms with Gasteiger partial charge in [-0.3, -0.25) is 4.79 Å². The van der Waals surface area contributed by atoms with Crippen LogP contribution in [0.3, 0.4) is 0 Å². The SMILES string of the molecule is Cc1ccc(F)c(C(=O)N(C)CCC2CCNCC2)c1F. The second kappa shape index (κ2) is 6.98. The molecule has 0 bridgehead atoms. The Morgan fingerprint density at radius 3 is 2.67 bits per heavy atom. The molecule has 2 rings (SSSR count). The van der Waals surface area contributed by atoms with Crippen LogP contribution in [0, 0.1) is 24.5 Å². The molecule has 3 nitrogen and oxygen atoms in total. The van der Waals surface area contributed by atoms with E-state index in [1.807, 2.05) is 0 Å². The predicted octanol–water partition coefficient (Wildman–Crippen LogP) is 2.73. The lowest BCUT2D eigenvalue weighted by Gasteiger charge is -2.25. The molecule has 0 atom stereocenters. The zero-order valence-corrected chi connectivity index (χ0v) is 12.6. The maximum atomic E-state index is 14.0. The van der Waals surface area contributed by atoms with Crippen LogP contribution in [0.2, 0.25) is 0 Å². The molecule has 1 fully saturated rings. The molecule has 1 aromatic rings. The smallest absolute Gasteiger partial charge is 0.259 e. The van der Waals surface area contributed by atoms with Crippen LogP contribution >= 0.6 is 0 Å². The van der Waals surface area contributed by atoms with Gasteiger partial charge >= 0.3 is 0 Å². The molecular weight excluding hydrogens is 274 g/mol. The van der Waals surface area contributed by atoms with Crippen molar-refractivity contribution < 1.29 is 13.6 Å². The standard InChI is InChI=1S/C16H22F2N2O/c1-11-3-4-13(17)14(15(11)18)16(21)20(2)10-7-12-5-8-19-9-6-12/h3-4,12,19H,5-10H2,1-2H3. The third kappa shape index (κ3) is 3.79. The van der Waals surface area contributed by atoms with Crippen LogP contribution in [0.1, 0.15) is 35.2 Å². The van der Waals surface area contributed by atoms with Gasteiger partial charge in [0.1, 0.15) is 17.2 Å². The molecule has 0 aromatic heterocycles. The zero-order chi connectivity index (χ0) is 15.4. The van der Waals surface area contributed by atoms with Crippen molar-refractivity contribution in [3.8, 4) is 0 Å². The van der Waals surface area contributed by atoms with E-state index in [1.54, 1.807) is 7.05 Å². The first-order valence-corrected chi connectivity index (χ1v) is 7.41. The minimum atomic E-state index is -0.795. The Hall–Kier alpha value is -1.49. The summed E-state index contributed by atoms with van der Waals surface area (Å²) >= 11 is 0. The van der Waals surface area contributed by atoms with Gasteiger partial charge in [0, 0.05) is 13.6 Å². The number of rotatable bonds is 4. The number of carbonyl (C=O) groups is 1. The van der Waals surface area contributed by atoms with E-state index in [1.165, 1.54) is 17.9 Å². The number of hydrogen-bond donors (Lipinski definition) is 1. The Kier molecular flexibility index (Phi) is 5.28. The summed E-state index contributed by atoms with van der Waals surface area (Å²) < 4.78 is 27.7. The van der Waals surface area contributed by atoms with Crippen LogP contribution in [0.4, 0.5) is 8.78 Å². The lowest BCUT2D eigenvalue weighted by molar-refractivity contribution is 0.0774. The molecule has 0 unspecified atom stereocenters. The van der Waals surface area contributed by atoms with Crippen LogP contribution in [0.15, 0.2) is 12.1 Å². The number of nitrogens with zero attached hydrogens (tertiary/aromatic N) is 1. The molecule has 1 aromatic carbocycles. The summed E-state index contributed by atoms with van der Waals surface area (Å²) in [6.07, 6.45) is 3.06. The summed E-state index contributed by atoms with van der Waals surface area (Å²) in [5.74, 6) is -1.55. The molecule has 1 N–H and O–H groups in total. The van der Waals surface area contributed by atoms with Gasteiger partial charge in [-0.1, -0.05) is 6.07 Å². The predicted molar refractivity (Wildman–Crippen MR) is 78.3 cm³/mol. The number of benzene rings is 1. The van der Waals surface area contributed by atoms with Crippen molar-refractivity contribution in [1.29, 1.82) is 0 Å². The fourth-order valence-corrected chi connectivity index (χ4v) is 2.69. The van der Waals surface area contributed by atoms with Gasteiger partial charge in [0.2, 0.25) is 0 Å². The topological polar surface area (TPSA) is 32.3 Å². The summed E-state index contributed by atoms with van der Waals surface area (Å²) in [6.45, 7) is 4.06. The quantitative estimate of drug-likeness (QED) is 0.926. The van der Waals surface area contributed by atoms with E-state index in [0.717, 1.165) is 38.4 Å². The normalized spacial score (nSPS) is 16.0. The Morgan fingerprint density at radius 1 is 1.33 bits per heavy atom. The van der Waals surface area contributed by atoms with Crippen LogP contribution in [-0.4, -0.2) is 37.5 Å². The van der Waals surface area contributed by atoms with E-state index < -0.39 is 23.1 Å². The largest absolute Gasteiger partial charge is 0.342 e. The van der Waals surface area contributed by atoms with Gasteiger partial charge in [0.15, 0.2) is 0 Å². The fourth-order valence-electron chi connectivity index (χ4n) is 2.69. The summed E-state index contributed by atoms with van der Waals surface area (Å²) in [7, 11) is 1.60. The third-order valence-electron chi connectivity index (χ3n) is 4.18. The lowest BCUT2D eigenvalue weighted by atomic mass is 9.94. The molecule has 0 saturated carbocycles. The maximum Gasteiger partial charge on any atom is 0.259 e. The monoisotopic (exact) mass is 296 g/mol. The Morgan fingerprint density at radius 2 is 2.00 bits per heavy atom. The highest BCUT2D eigenvalue weighted by Gasteiger charge is 2.23. The van der Waals surface area contributed by atoms with Crippen LogP contribution in [0.5, 0.6) is 0 Å². The average Bonchev–Trinajstić information content (AvgIpc) is 2.50. The fraction of sp³-hybridized carbons (Fsp3) is 0.562. The van der Waals surface area contributed by atoms with Gasteiger partial charge in [-0.2, -0.15) is 0 Å². The second-order valence-electron chi connectivity index (χ2n) is 5.76. The van der Waals surface area contributed by atoms with E-state index in [-0.39, 0.29) is 5.56 Å². The van der Waals surface area contributed by atoms with Crippen LogP contribution in [0.25, 0.3) is 0 Å². The minimum Gasteiger partial charge on any atom is -0.342 e. The molecular formula is C16H22F2N2O. The summed E-state index contributed by atoms with van der Waals surface area (Å²) in [5, 5.41) is 3.29. The van der Waals surface area contributed by atoms with E-state index >= 15 is 0 Å². The van der Waals surface area contributed by atoms with Crippen molar-refractivity contribution in [2.24, 2.45) is 5.92 Å². The number of hydrogen-bond acceptors (Lipinski definition) is 2. The Balaban J connectivity index is 2.00. The number of amides is 1.